The molecule has 3 aromatic rings. The van der Waals surface area contributed by atoms with Crippen molar-refractivity contribution in [2.45, 2.75) is 38.9 Å². The van der Waals surface area contributed by atoms with Gasteiger partial charge in [0.2, 0.25) is 5.91 Å². The maximum atomic E-state index is 12.9. The highest BCUT2D eigenvalue weighted by Gasteiger charge is 2.37. The summed E-state index contributed by atoms with van der Waals surface area (Å²) >= 11 is 0. The van der Waals surface area contributed by atoms with Crippen molar-refractivity contribution in [1.29, 1.82) is 0 Å². The van der Waals surface area contributed by atoms with E-state index in [1.54, 1.807) is 0 Å². The Labute approximate surface area is 182 Å². The second kappa shape index (κ2) is 8.14. The summed E-state index contributed by atoms with van der Waals surface area (Å²) in [5.74, 6) is -0.446. The van der Waals surface area contributed by atoms with E-state index in [9.17, 15) is 22.8 Å². The van der Waals surface area contributed by atoms with Gasteiger partial charge in [-0.3, -0.25) is 9.59 Å². The Morgan fingerprint density at radius 3 is 2.56 bits per heavy atom. The van der Waals surface area contributed by atoms with Crippen LogP contribution in [0.2, 0.25) is 0 Å². The Hall–Kier alpha value is -3.62. The predicted octanol–water partition coefficient (Wildman–Crippen LogP) is 4.96. The molecule has 0 aliphatic carbocycles. The van der Waals surface area contributed by atoms with E-state index < -0.39 is 23.7 Å². The molecule has 9 heteroatoms. The SMILES string of the molecule is CCc1nn2c(c1-c1ccc(C)cc1)NC(=O)C2CC(=O)Nc1cccc(C(F)(F)F)c1. The first-order valence-corrected chi connectivity index (χ1v) is 10.1. The van der Waals surface area contributed by atoms with E-state index >= 15 is 0 Å². The van der Waals surface area contributed by atoms with Crippen LogP contribution < -0.4 is 10.6 Å². The van der Waals surface area contributed by atoms with Gasteiger partial charge >= 0.3 is 6.18 Å². The number of nitrogens with one attached hydrogen (secondary N) is 2. The number of alkyl halides is 3. The van der Waals surface area contributed by atoms with Crippen molar-refractivity contribution < 1.29 is 22.8 Å². The number of hydrogen-bond acceptors (Lipinski definition) is 3. The number of carbonyl (C=O) groups is 2. The zero-order valence-corrected chi connectivity index (χ0v) is 17.5. The van der Waals surface area contributed by atoms with Gasteiger partial charge in [-0.25, -0.2) is 4.68 Å². The van der Waals surface area contributed by atoms with Crippen LogP contribution in [0.25, 0.3) is 11.1 Å². The van der Waals surface area contributed by atoms with Crippen LogP contribution >= 0.6 is 0 Å². The standard InChI is InChI=1S/C23H21F3N4O2/c1-3-17-20(14-9-7-13(2)8-10-14)21-28-22(32)18(30(21)29-17)12-19(31)27-16-6-4-5-15(11-16)23(24,25)26/h4-11,18H,3,12H2,1-2H3,(H,27,31)(H,28,32). The molecule has 0 saturated heterocycles. The van der Waals surface area contributed by atoms with E-state index in [1.165, 1.54) is 16.8 Å². The lowest BCUT2D eigenvalue weighted by molar-refractivity contribution is -0.137. The van der Waals surface area contributed by atoms with Crippen LogP contribution in [0.4, 0.5) is 24.7 Å². The highest BCUT2D eigenvalue weighted by Crippen LogP contribution is 2.39. The molecule has 2 amide bonds. The summed E-state index contributed by atoms with van der Waals surface area (Å²) in [5, 5.41) is 9.81. The lowest BCUT2D eigenvalue weighted by Gasteiger charge is -2.12. The van der Waals surface area contributed by atoms with E-state index in [-0.39, 0.29) is 18.0 Å². The molecule has 1 atom stereocenters. The fourth-order valence-electron chi connectivity index (χ4n) is 3.75. The lowest BCUT2D eigenvalue weighted by atomic mass is 10.0. The molecule has 6 nitrogen and oxygen atoms in total. The Bertz CT molecular complexity index is 1180. The van der Waals surface area contributed by atoms with Crippen molar-refractivity contribution in [3.05, 3.63) is 65.4 Å². The molecular weight excluding hydrogens is 421 g/mol. The molecular formula is C23H21F3N4O2. The van der Waals surface area contributed by atoms with Crippen molar-refractivity contribution in [2.75, 3.05) is 10.6 Å². The topological polar surface area (TPSA) is 76.0 Å². The molecule has 0 bridgehead atoms. The molecule has 1 aliphatic rings. The van der Waals surface area contributed by atoms with Gasteiger partial charge in [0, 0.05) is 11.3 Å². The second-order valence-corrected chi connectivity index (χ2v) is 7.67. The van der Waals surface area contributed by atoms with E-state index in [4.69, 9.17) is 0 Å². The largest absolute Gasteiger partial charge is 0.416 e. The fraction of sp³-hybridized carbons (Fsp3) is 0.261. The van der Waals surface area contributed by atoms with E-state index in [0.717, 1.165) is 34.5 Å². The summed E-state index contributed by atoms with van der Waals surface area (Å²) in [6, 6.07) is 11.3. The van der Waals surface area contributed by atoms with Gasteiger partial charge in [-0.1, -0.05) is 42.8 Å². The normalized spacial score (nSPS) is 15.4. The number of aryl methyl sites for hydroxylation is 2. The molecule has 166 valence electrons. The molecule has 1 aliphatic heterocycles. The van der Waals surface area contributed by atoms with Crippen LogP contribution in [0.3, 0.4) is 0 Å². The third kappa shape index (κ3) is 4.10. The van der Waals surface area contributed by atoms with E-state index in [2.05, 4.69) is 15.7 Å². The van der Waals surface area contributed by atoms with Gasteiger partial charge in [0.1, 0.15) is 11.9 Å². The molecule has 0 saturated carbocycles. The maximum absolute atomic E-state index is 12.9. The van der Waals surface area contributed by atoms with Crippen LogP contribution in [-0.2, 0) is 22.2 Å². The zero-order valence-electron chi connectivity index (χ0n) is 17.5. The smallest absolute Gasteiger partial charge is 0.326 e. The van der Waals surface area contributed by atoms with Gasteiger partial charge in [0.05, 0.1) is 17.7 Å². The summed E-state index contributed by atoms with van der Waals surface area (Å²) in [5.41, 5.74) is 2.75. The first-order valence-electron chi connectivity index (χ1n) is 10.1. The maximum Gasteiger partial charge on any atom is 0.416 e. The van der Waals surface area contributed by atoms with Gasteiger partial charge in [0.25, 0.3) is 5.91 Å². The molecule has 1 unspecified atom stereocenters. The number of nitrogens with zero attached hydrogens (tertiary/aromatic N) is 2. The summed E-state index contributed by atoms with van der Waals surface area (Å²) < 4.78 is 40.2. The molecule has 1 aromatic heterocycles. The summed E-state index contributed by atoms with van der Waals surface area (Å²) in [4.78, 5) is 25.1. The van der Waals surface area contributed by atoms with Crippen LogP contribution in [0, 0.1) is 6.92 Å². The number of halogens is 3. The van der Waals surface area contributed by atoms with Crippen LogP contribution in [0.5, 0.6) is 0 Å². The van der Waals surface area contributed by atoms with Gasteiger partial charge in [-0.05, 0) is 37.1 Å². The molecule has 2 N–H and O–H groups in total. The van der Waals surface area contributed by atoms with E-state index in [1.807, 2.05) is 38.1 Å². The van der Waals surface area contributed by atoms with Crippen LogP contribution in [0.15, 0.2) is 48.5 Å². The Balaban J connectivity index is 1.58. The third-order valence-corrected chi connectivity index (χ3v) is 5.35. The van der Waals surface area contributed by atoms with Crippen molar-refractivity contribution >= 4 is 23.3 Å². The quantitative estimate of drug-likeness (QED) is 0.586. The highest BCUT2D eigenvalue weighted by molar-refractivity contribution is 6.04. The molecule has 0 radical (unpaired) electrons. The van der Waals surface area contributed by atoms with Gasteiger partial charge < -0.3 is 10.6 Å². The minimum Gasteiger partial charge on any atom is -0.326 e. The van der Waals surface area contributed by atoms with E-state index in [0.29, 0.717) is 12.2 Å². The number of fused-ring (bicyclic) bond motifs is 1. The Kier molecular flexibility index (Phi) is 5.50. The summed E-state index contributed by atoms with van der Waals surface area (Å²) in [6.07, 6.45) is -4.14. The second-order valence-electron chi connectivity index (χ2n) is 7.67. The van der Waals surface area contributed by atoms with Crippen molar-refractivity contribution in [3.8, 4) is 11.1 Å². The average molecular weight is 442 g/mol. The fourth-order valence-corrected chi connectivity index (χ4v) is 3.75. The molecule has 2 heterocycles. The predicted molar refractivity (Wildman–Crippen MR) is 114 cm³/mol. The summed E-state index contributed by atoms with van der Waals surface area (Å²) in [7, 11) is 0. The Morgan fingerprint density at radius 1 is 1.19 bits per heavy atom. The first-order chi connectivity index (χ1) is 15.2. The molecule has 4 rings (SSSR count). The highest BCUT2D eigenvalue weighted by atomic mass is 19.4. The number of hydrogen-bond donors (Lipinski definition) is 2. The molecule has 2 aromatic carbocycles. The van der Waals surface area contributed by atoms with Crippen molar-refractivity contribution in [3.63, 3.8) is 0 Å². The van der Waals surface area contributed by atoms with Gasteiger partial charge in [-0.2, -0.15) is 18.3 Å². The molecule has 32 heavy (non-hydrogen) atoms. The number of amides is 2. The van der Waals surface area contributed by atoms with Crippen molar-refractivity contribution in [2.24, 2.45) is 0 Å². The van der Waals surface area contributed by atoms with Crippen molar-refractivity contribution in [1.82, 2.24) is 9.78 Å². The number of benzene rings is 2. The average Bonchev–Trinajstić information content (AvgIpc) is 3.23. The minimum absolute atomic E-state index is 0.0125. The molecule has 0 spiro atoms. The summed E-state index contributed by atoms with van der Waals surface area (Å²) in [6.45, 7) is 3.93. The minimum atomic E-state index is -4.51. The van der Waals surface area contributed by atoms with Crippen LogP contribution in [-0.4, -0.2) is 21.6 Å². The number of carbonyl (C=O) groups excluding carboxylic acids is 2. The number of anilines is 2. The van der Waals surface area contributed by atoms with Crippen LogP contribution in [0.1, 0.15) is 36.2 Å². The zero-order chi connectivity index (χ0) is 23.0. The van der Waals surface area contributed by atoms with Gasteiger partial charge in [-0.15, -0.1) is 0 Å². The number of rotatable bonds is 5. The number of aromatic nitrogens is 2. The first kappa shape index (κ1) is 21.6. The third-order valence-electron chi connectivity index (χ3n) is 5.35. The Morgan fingerprint density at radius 2 is 1.91 bits per heavy atom. The van der Waals surface area contributed by atoms with Gasteiger partial charge in [0.15, 0.2) is 0 Å². The molecule has 0 fully saturated rings. The monoisotopic (exact) mass is 442 g/mol. The lowest BCUT2D eigenvalue weighted by Crippen LogP contribution is -2.24.